The van der Waals surface area contributed by atoms with E-state index in [2.05, 4.69) is 41.5 Å². The van der Waals surface area contributed by atoms with Crippen LogP contribution in [0.4, 0.5) is 0 Å². The topological polar surface area (TPSA) is 0 Å². The van der Waals surface area contributed by atoms with E-state index in [4.69, 9.17) is 0 Å². The zero-order valence-corrected chi connectivity index (χ0v) is 16.0. The summed E-state index contributed by atoms with van der Waals surface area (Å²) in [6.45, 7) is 14.3. The van der Waals surface area contributed by atoms with Crippen LogP contribution in [0.1, 0.15) is 112 Å². The SMILES string of the molecule is CCCCC(CC)C[C](C)C(CC)CC(CC)CCCC. The van der Waals surface area contributed by atoms with E-state index in [1.165, 1.54) is 70.6 Å². The van der Waals surface area contributed by atoms with Gasteiger partial charge in [-0.25, -0.2) is 0 Å². The lowest BCUT2D eigenvalue weighted by Crippen LogP contribution is -2.17. The third-order valence-corrected chi connectivity index (χ3v) is 5.50. The van der Waals surface area contributed by atoms with Crippen LogP contribution in [0.25, 0.3) is 0 Å². The molecule has 0 aromatic rings. The Morgan fingerprint density at radius 3 is 1.67 bits per heavy atom. The average Bonchev–Trinajstić information content (AvgIpc) is 2.51. The van der Waals surface area contributed by atoms with Gasteiger partial charge in [0.1, 0.15) is 0 Å². The molecule has 0 N–H and O–H groups in total. The van der Waals surface area contributed by atoms with E-state index < -0.39 is 0 Å². The van der Waals surface area contributed by atoms with Gasteiger partial charge in [0.25, 0.3) is 0 Å². The van der Waals surface area contributed by atoms with Crippen LogP contribution in [0.15, 0.2) is 0 Å². The summed E-state index contributed by atoms with van der Waals surface area (Å²) in [5.74, 6) is 4.58. The second kappa shape index (κ2) is 13.6. The lowest BCUT2D eigenvalue weighted by molar-refractivity contribution is 0.311. The van der Waals surface area contributed by atoms with E-state index in [0.29, 0.717) is 0 Å². The molecule has 127 valence electrons. The monoisotopic (exact) mass is 295 g/mol. The summed E-state index contributed by atoms with van der Waals surface area (Å²) in [4.78, 5) is 0. The summed E-state index contributed by atoms with van der Waals surface area (Å²) >= 11 is 0. The fraction of sp³-hybridized carbons (Fsp3) is 0.952. The molecule has 0 aromatic heterocycles. The quantitative estimate of drug-likeness (QED) is 0.306. The van der Waals surface area contributed by atoms with Gasteiger partial charge in [0, 0.05) is 0 Å². The normalized spacial score (nSPS) is 16.1. The zero-order valence-electron chi connectivity index (χ0n) is 16.0. The lowest BCUT2D eigenvalue weighted by atomic mass is 9.76. The van der Waals surface area contributed by atoms with E-state index in [-0.39, 0.29) is 0 Å². The van der Waals surface area contributed by atoms with E-state index in [1.807, 2.05) is 0 Å². The highest BCUT2D eigenvalue weighted by Crippen LogP contribution is 2.34. The molecule has 0 saturated carbocycles. The Morgan fingerprint density at radius 1 is 0.714 bits per heavy atom. The Hall–Kier alpha value is 0. The van der Waals surface area contributed by atoms with Crippen molar-refractivity contribution < 1.29 is 0 Å². The number of hydrogen-bond acceptors (Lipinski definition) is 0. The maximum atomic E-state index is 2.45. The summed E-state index contributed by atoms with van der Waals surface area (Å²) in [5.41, 5.74) is 0. The highest BCUT2D eigenvalue weighted by Gasteiger charge is 2.22. The zero-order chi connectivity index (χ0) is 16.1. The van der Waals surface area contributed by atoms with Crippen LogP contribution < -0.4 is 0 Å². The fourth-order valence-electron chi connectivity index (χ4n) is 3.67. The fourth-order valence-corrected chi connectivity index (χ4v) is 3.67. The number of hydrogen-bond donors (Lipinski definition) is 0. The van der Waals surface area contributed by atoms with Gasteiger partial charge in [-0.3, -0.25) is 0 Å². The average molecular weight is 296 g/mol. The molecule has 0 fully saturated rings. The van der Waals surface area contributed by atoms with Gasteiger partial charge in [-0.15, -0.1) is 0 Å². The van der Waals surface area contributed by atoms with Crippen molar-refractivity contribution in [2.24, 2.45) is 17.8 Å². The Kier molecular flexibility index (Phi) is 13.6. The maximum Gasteiger partial charge on any atom is -0.0238 e. The molecule has 21 heavy (non-hydrogen) atoms. The molecule has 0 saturated heterocycles. The maximum absolute atomic E-state index is 2.45. The first kappa shape index (κ1) is 21.0. The molecule has 3 atom stereocenters. The highest BCUT2D eigenvalue weighted by atomic mass is 14.3. The summed E-state index contributed by atoms with van der Waals surface area (Å²) in [5, 5.41) is 0. The Balaban J connectivity index is 4.33. The van der Waals surface area contributed by atoms with Gasteiger partial charge in [-0.1, -0.05) is 99.3 Å². The van der Waals surface area contributed by atoms with Gasteiger partial charge in [-0.2, -0.15) is 0 Å². The first-order valence-electron chi connectivity index (χ1n) is 9.94. The van der Waals surface area contributed by atoms with Crippen LogP contribution in [0.2, 0.25) is 0 Å². The van der Waals surface area contributed by atoms with Crippen molar-refractivity contribution in [1.82, 2.24) is 0 Å². The lowest BCUT2D eigenvalue weighted by Gasteiger charge is -2.29. The van der Waals surface area contributed by atoms with Crippen LogP contribution in [0.3, 0.4) is 0 Å². The molecule has 0 nitrogen and oxygen atoms in total. The van der Waals surface area contributed by atoms with Crippen molar-refractivity contribution in [3.05, 3.63) is 5.92 Å². The Labute approximate surface area is 136 Å². The summed E-state index contributed by atoms with van der Waals surface area (Å²) in [7, 11) is 0. The van der Waals surface area contributed by atoms with Gasteiger partial charge in [0.15, 0.2) is 0 Å². The molecule has 1 radical (unpaired) electrons. The van der Waals surface area contributed by atoms with Gasteiger partial charge in [0.05, 0.1) is 0 Å². The summed E-state index contributed by atoms with van der Waals surface area (Å²) in [6, 6.07) is 0. The van der Waals surface area contributed by atoms with Gasteiger partial charge in [0.2, 0.25) is 0 Å². The van der Waals surface area contributed by atoms with Gasteiger partial charge in [-0.05, 0) is 36.5 Å². The van der Waals surface area contributed by atoms with E-state index in [1.54, 1.807) is 5.92 Å². The van der Waals surface area contributed by atoms with Crippen molar-refractivity contribution in [2.45, 2.75) is 112 Å². The second-order valence-corrected chi connectivity index (χ2v) is 7.22. The van der Waals surface area contributed by atoms with Crippen LogP contribution in [0, 0.1) is 23.7 Å². The molecule has 0 rings (SSSR count). The van der Waals surface area contributed by atoms with E-state index in [0.717, 1.165) is 17.8 Å². The smallest absolute Gasteiger partial charge is 0.0238 e. The minimum absolute atomic E-state index is 0.877. The molecular formula is C21H43. The Bertz CT molecular complexity index is 208. The van der Waals surface area contributed by atoms with Crippen molar-refractivity contribution in [3.8, 4) is 0 Å². The van der Waals surface area contributed by atoms with Crippen molar-refractivity contribution in [3.63, 3.8) is 0 Å². The predicted octanol–water partition coefficient (Wildman–Crippen LogP) is 7.82. The molecule has 0 spiro atoms. The van der Waals surface area contributed by atoms with Crippen molar-refractivity contribution in [1.29, 1.82) is 0 Å². The van der Waals surface area contributed by atoms with Crippen molar-refractivity contribution in [2.75, 3.05) is 0 Å². The standard InChI is InChI=1S/C21H43/c1-7-12-14-19(9-3)16-18(6)21(11-5)17-20(10-4)15-13-8-2/h19-21H,7-17H2,1-6H3. The third-order valence-electron chi connectivity index (χ3n) is 5.50. The van der Waals surface area contributed by atoms with Gasteiger partial charge >= 0.3 is 0 Å². The van der Waals surface area contributed by atoms with Gasteiger partial charge < -0.3 is 0 Å². The largest absolute Gasteiger partial charge is 0.0654 e. The van der Waals surface area contributed by atoms with Crippen LogP contribution in [-0.2, 0) is 0 Å². The molecule has 0 bridgehead atoms. The summed E-state index contributed by atoms with van der Waals surface area (Å²) < 4.78 is 0. The second-order valence-electron chi connectivity index (χ2n) is 7.22. The van der Waals surface area contributed by atoms with Crippen LogP contribution >= 0.6 is 0 Å². The molecule has 0 aromatic carbocycles. The molecule has 3 unspecified atom stereocenters. The highest BCUT2D eigenvalue weighted by molar-refractivity contribution is 4.94. The first-order chi connectivity index (χ1) is 10.1. The summed E-state index contributed by atoms with van der Waals surface area (Å²) in [6.07, 6.45) is 15.3. The molecule has 0 heteroatoms. The van der Waals surface area contributed by atoms with Crippen LogP contribution in [0.5, 0.6) is 0 Å². The third kappa shape index (κ3) is 9.59. The Morgan fingerprint density at radius 2 is 1.24 bits per heavy atom. The van der Waals surface area contributed by atoms with Crippen molar-refractivity contribution >= 4 is 0 Å². The first-order valence-corrected chi connectivity index (χ1v) is 9.94. The number of unbranched alkanes of at least 4 members (excludes halogenated alkanes) is 2. The van der Waals surface area contributed by atoms with E-state index >= 15 is 0 Å². The molecule has 0 aliphatic carbocycles. The minimum Gasteiger partial charge on any atom is -0.0654 e. The number of rotatable bonds is 14. The predicted molar refractivity (Wildman–Crippen MR) is 98.5 cm³/mol. The minimum atomic E-state index is 0.877. The molecule has 0 amide bonds. The molecule has 0 heterocycles. The van der Waals surface area contributed by atoms with E-state index in [9.17, 15) is 0 Å². The molecule has 0 aliphatic rings. The molecular weight excluding hydrogens is 252 g/mol. The van der Waals surface area contributed by atoms with Crippen LogP contribution in [-0.4, -0.2) is 0 Å². The molecule has 0 aliphatic heterocycles.